The van der Waals surface area contributed by atoms with Crippen LogP contribution < -0.4 is 0 Å². The van der Waals surface area contributed by atoms with Crippen molar-refractivity contribution in [1.82, 2.24) is 0 Å². The molecule has 1 spiro atoms. The van der Waals surface area contributed by atoms with Gasteiger partial charge >= 0.3 is 0 Å². The Balaban J connectivity index is 1.26. The smallest absolute Gasteiger partial charge is 0.00850 e. The Morgan fingerprint density at radius 1 is 0.871 bits per heavy atom. The summed E-state index contributed by atoms with van der Waals surface area (Å²) in [4.78, 5) is 0. The van der Waals surface area contributed by atoms with Crippen molar-refractivity contribution in [3.63, 3.8) is 0 Å². The van der Waals surface area contributed by atoms with Crippen molar-refractivity contribution in [2.24, 2.45) is 70.0 Å². The first-order valence-corrected chi connectivity index (χ1v) is 14.6. The molecule has 0 nitrogen and oxygen atoms in total. The highest BCUT2D eigenvalue weighted by molar-refractivity contribution is 5.25. The van der Waals surface area contributed by atoms with Crippen molar-refractivity contribution in [3.8, 4) is 0 Å². The third-order valence-electron chi connectivity index (χ3n) is 13.5. The van der Waals surface area contributed by atoms with Gasteiger partial charge in [0, 0.05) is 0 Å². The molecule has 0 N–H and O–H groups in total. The lowest BCUT2D eigenvalue weighted by Crippen LogP contribution is -2.44. The Labute approximate surface area is 193 Å². The van der Waals surface area contributed by atoms with Crippen LogP contribution in [-0.4, -0.2) is 0 Å². The number of allylic oxidation sites excluding steroid dienone is 2. The summed E-state index contributed by atoms with van der Waals surface area (Å²) in [5, 5.41) is 0. The Hall–Kier alpha value is -0.260. The first kappa shape index (κ1) is 21.3. The molecule has 0 heterocycles. The van der Waals surface area contributed by atoms with E-state index in [-0.39, 0.29) is 0 Å². The molecule has 31 heavy (non-hydrogen) atoms. The standard InChI is InChI=1S/C31H50/c1-6-22-11-13-30(5)24(16-22)8-10-27-26-12-14-31(21(4)28(26)17-29(27)30)18-23-15-19(2)7-9-25(23)20(31)3/h8,19-23,25-29H,6-7,9-18H2,1-5H3/t19?,20-,21?,22?,23?,25?,26?,27?,28?,29?,30?,31?/m1/s1. The molecule has 0 aromatic heterocycles. The van der Waals surface area contributed by atoms with Crippen LogP contribution in [0, 0.1) is 70.0 Å². The molecule has 6 rings (SSSR count). The highest BCUT2D eigenvalue weighted by atomic mass is 14.7. The Morgan fingerprint density at radius 3 is 2.48 bits per heavy atom. The molecule has 0 aromatic carbocycles. The lowest BCUT2D eigenvalue weighted by Gasteiger charge is -2.51. The van der Waals surface area contributed by atoms with Crippen molar-refractivity contribution in [3.05, 3.63) is 11.6 Å². The van der Waals surface area contributed by atoms with E-state index < -0.39 is 0 Å². The van der Waals surface area contributed by atoms with E-state index in [1.165, 1.54) is 38.5 Å². The van der Waals surface area contributed by atoms with E-state index >= 15 is 0 Å². The molecular formula is C31H50. The maximum Gasteiger partial charge on any atom is -0.00850 e. The van der Waals surface area contributed by atoms with Gasteiger partial charge in [0.05, 0.1) is 0 Å². The van der Waals surface area contributed by atoms with Gasteiger partial charge in [-0.3, -0.25) is 0 Å². The number of fused-ring (bicyclic) bond motifs is 6. The second-order valence-corrected chi connectivity index (χ2v) is 14.1. The van der Waals surface area contributed by atoms with Crippen LogP contribution in [0.15, 0.2) is 11.6 Å². The number of rotatable bonds is 1. The fourth-order valence-corrected chi connectivity index (χ4v) is 11.5. The quantitative estimate of drug-likeness (QED) is 0.370. The van der Waals surface area contributed by atoms with Crippen LogP contribution >= 0.6 is 0 Å². The maximum atomic E-state index is 2.79. The van der Waals surface area contributed by atoms with E-state index in [0.717, 1.165) is 59.2 Å². The van der Waals surface area contributed by atoms with E-state index in [1.807, 2.05) is 5.57 Å². The maximum absolute atomic E-state index is 2.79. The van der Waals surface area contributed by atoms with Gasteiger partial charge in [0.1, 0.15) is 0 Å². The molecule has 6 aliphatic carbocycles. The van der Waals surface area contributed by atoms with Crippen molar-refractivity contribution >= 4 is 0 Å². The molecule has 6 aliphatic rings. The molecule has 5 saturated carbocycles. The van der Waals surface area contributed by atoms with Crippen molar-refractivity contribution < 1.29 is 0 Å². The van der Waals surface area contributed by atoms with Gasteiger partial charge in [0.2, 0.25) is 0 Å². The normalized spacial score (nSPS) is 58.3. The highest BCUT2D eigenvalue weighted by Crippen LogP contribution is 2.71. The Bertz CT molecular complexity index is 732. The van der Waals surface area contributed by atoms with E-state index in [1.54, 1.807) is 38.5 Å². The second-order valence-electron chi connectivity index (χ2n) is 14.1. The summed E-state index contributed by atoms with van der Waals surface area (Å²) < 4.78 is 0. The van der Waals surface area contributed by atoms with Gasteiger partial charge < -0.3 is 0 Å². The number of hydrogen-bond donors (Lipinski definition) is 0. The minimum Gasteiger partial charge on any atom is -0.0845 e. The molecule has 0 saturated heterocycles. The first-order valence-electron chi connectivity index (χ1n) is 14.6. The molecule has 0 bridgehead atoms. The van der Waals surface area contributed by atoms with Gasteiger partial charge in [0.25, 0.3) is 0 Å². The molecule has 12 atom stereocenters. The Morgan fingerprint density at radius 2 is 1.68 bits per heavy atom. The topological polar surface area (TPSA) is 0 Å². The van der Waals surface area contributed by atoms with Crippen LogP contribution in [0.1, 0.15) is 112 Å². The zero-order valence-corrected chi connectivity index (χ0v) is 21.3. The van der Waals surface area contributed by atoms with E-state index in [2.05, 4.69) is 40.7 Å². The molecular weight excluding hydrogens is 372 g/mol. The fourth-order valence-electron chi connectivity index (χ4n) is 11.5. The Kier molecular flexibility index (Phi) is 5.06. The van der Waals surface area contributed by atoms with Crippen LogP contribution in [0.25, 0.3) is 0 Å². The summed E-state index contributed by atoms with van der Waals surface area (Å²) in [6.45, 7) is 13.1. The van der Waals surface area contributed by atoms with Crippen LogP contribution in [0.2, 0.25) is 0 Å². The SMILES string of the molecule is CCC1CCC2(C)C(=CCC3C4CCC5(CC6CC(C)CCC6[C@H]5C)C(C)C4CC32)C1. The summed E-state index contributed by atoms with van der Waals surface area (Å²) >= 11 is 0. The molecule has 174 valence electrons. The van der Waals surface area contributed by atoms with Crippen LogP contribution in [-0.2, 0) is 0 Å². The molecule has 0 aliphatic heterocycles. The van der Waals surface area contributed by atoms with E-state index in [0.29, 0.717) is 10.8 Å². The summed E-state index contributed by atoms with van der Waals surface area (Å²) in [6, 6.07) is 0. The van der Waals surface area contributed by atoms with E-state index in [9.17, 15) is 0 Å². The third-order valence-corrected chi connectivity index (χ3v) is 13.5. The van der Waals surface area contributed by atoms with Gasteiger partial charge in [-0.25, -0.2) is 0 Å². The highest BCUT2D eigenvalue weighted by Gasteiger charge is 2.63. The number of hydrogen-bond acceptors (Lipinski definition) is 0. The average Bonchev–Trinajstić information content (AvgIpc) is 3.27. The molecule has 0 aromatic rings. The zero-order chi connectivity index (χ0) is 21.5. The predicted molar refractivity (Wildman–Crippen MR) is 132 cm³/mol. The van der Waals surface area contributed by atoms with Crippen molar-refractivity contribution in [2.75, 3.05) is 0 Å². The van der Waals surface area contributed by atoms with Crippen LogP contribution in [0.3, 0.4) is 0 Å². The van der Waals surface area contributed by atoms with Crippen LogP contribution in [0.5, 0.6) is 0 Å². The van der Waals surface area contributed by atoms with Gasteiger partial charge in [-0.2, -0.15) is 0 Å². The minimum absolute atomic E-state index is 0.559. The minimum atomic E-state index is 0.559. The summed E-state index contributed by atoms with van der Waals surface area (Å²) in [5.74, 6) is 10.2. The van der Waals surface area contributed by atoms with E-state index in [4.69, 9.17) is 0 Å². The summed E-state index contributed by atoms with van der Waals surface area (Å²) in [5.41, 5.74) is 3.16. The van der Waals surface area contributed by atoms with Gasteiger partial charge in [-0.1, -0.05) is 59.1 Å². The lowest BCUT2D eigenvalue weighted by molar-refractivity contribution is -0.0168. The molecule has 0 heteroatoms. The average molecular weight is 423 g/mol. The largest absolute Gasteiger partial charge is 0.0845 e. The lowest BCUT2D eigenvalue weighted by atomic mass is 9.54. The molecule has 11 unspecified atom stereocenters. The third kappa shape index (κ3) is 2.91. The molecule has 0 radical (unpaired) electrons. The molecule has 0 amide bonds. The van der Waals surface area contributed by atoms with Gasteiger partial charge in [-0.05, 0) is 134 Å². The fraction of sp³-hybridized carbons (Fsp3) is 0.935. The summed E-state index contributed by atoms with van der Waals surface area (Å²) in [7, 11) is 0. The van der Waals surface area contributed by atoms with Gasteiger partial charge in [0.15, 0.2) is 0 Å². The summed E-state index contributed by atoms with van der Waals surface area (Å²) in [6.07, 6.45) is 21.0. The monoisotopic (exact) mass is 422 g/mol. The molecule has 5 fully saturated rings. The van der Waals surface area contributed by atoms with Crippen molar-refractivity contribution in [2.45, 2.75) is 112 Å². The van der Waals surface area contributed by atoms with Crippen LogP contribution in [0.4, 0.5) is 0 Å². The predicted octanol–water partition coefficient (Wildman–Crippen LogP) is 8.91. The zero-order valence-electron chi connectivity index (χ0n) is 21.3. The first-order chi connectivity index (χ1) is 14.9. The van der Waals surface area contributed by atoms with Gasteiger partial charge in [-0.15, -0.1) is 0 Å². The second kappa shape index (κ2) is 7.37. The van der Waals surface area contributed by atoms with Crippen molar-refractivity contribution in [1.29, 1.82) is 0 Å².